The summed E-state index contributed by atoms with van der Waals surface area (Å²) in [5, 5.41) is 5.04. The van der Waals surface area contributed by atoms with Gasteiger partial charge < -0.3 is 9.80 Å². The van der Waals surface area contributed by atoms with Gasteiger partial charge in [0.05, 0.1) is 26.2 Å². The van der Waals surface area contributed by atoms with Crippen LogP contribution in [0.15, 0.2) is 303 Å². The van der Waals surface area contributed by atoms with Crippen molar-refractivity contribution in [1.82, 2.24) is 0 Å². The van der Waals surface area contributed by atoms with Crippen LogP contribution in [0.2, 0.25) is 0 Å². The number of fused-ring (bicyclic) bond motifs is 16. The quantitative estimate of drug-likeness (QED) is 0.142. The molecule has 0 atom stereocenters. The number of hydrogen-bond donors (Lipinski definition) is 0. The van der Waals surface area contributed by atoms with E-state index in [2.05, 4.69) is 313 Å². The summed E-state index contributed by atoms with van der Waals surface area (Å²) in [6.45, 7) is 0. The fraction of sp³-hybridized carbons (Fsp3) is 0.0127. The lowest BCUT2D eigenvalue weighted by Crippen LogP contribution is -2.26. The molecule has 0 radical (unpaired) electrons. The Bertz CT molecular complexity index is 4750. The molecule has 2 heterocycles. The molecule has 2 aromatic heterocycles. The molecular weight excluding hydrogens is 1040 g/mol. The summed E-state index contributed by atoms with van der Waals surface area (Å²) in [5.74, 6) is 0. The smallest absolute Gasteiger partial charge is 0.0731 e. The van der Waals surface area contributed by atoms with Crippen LogP contribution in [0.5, 0.6) is 0 Å². The second kappa shape index (κ2) is 19.0. The van der Waals surface area contributed by atoms with Gasteiger partial charge in [-0.2, -0.15) is 0 Å². The maximum absolute atomic E-state index is 2.53. The zero-order valence-electron chi connectivity index (χ0n) is 45.1. The van der Waals surface area contributed by atoms with Gasteiger partial charge in [0.2, 0.25) is 0 Å². The second-order valence-electron chi connectivity index (χ2n) is 21.9. The number of benzene rings is 13. The minimum atomic E-state index is -0.572. The molecule has 0 saturated carbocycles. The van der Waals surface area contributed by atoms with Gasteiger partial charge >= 0.3 is 0 Å². The van der Waals surface area contributed by atoms with E-state index < -0.39 is 5.41 Å². The first-order valence-corrected chi connectivity index (χ1v) is 30.1. The molecule has 13 aromatic carbocycles. The van der Waals surface area contributed by atoms with E-state index in [4.69, 9.17) is 0 Å². The lowest BCUT2D eigenvalue weighted by Gasteiger charge is -2.33. The van der Waals surface area contributed by atoms with Gasteiger partial charge in [-0.1, -0.05) is 237 Å². The van der Waals surface area contributed by atoms with Gasteiger partial charge in [0.25, 0.3) is 0 Å². The van der Waals surface area contributed by atoms with Crippen LogP contribution in [0.4, 0.5) is 34.1 Å². The molecule has 83 heavy (non-hydrogen) atoms. The second-order valence-corrected chi connectivity index (χ2v) is 24.0. The van der Waals surface area contributed by atoms with Crippen LogP contribution < -0.4 is 9.80 Å². The highest BCUT2D eigenvalue weighted by Gasteiger charge is 2.52. The van der Waals surface area contributed by atoms with Crippen molar-refractivity contribution in [2.75, 3.05) is 9.80 Å². The van der Waals surface area contributed by atoms with Gasteiger partial charge in [-0.3, -0.25) is 0 Å². The van der Waals surface area contributed by atoms with E-state index in [1.165, 1.54) is 113 Å². The van der Waals surface area contributed by atoms with E-state index in [-0.39, 0.29) is 0 Å². The summed E-state index contributed by atoms with van der Waals surface area (Å²) in [7, 11) is 0. The first-order chi connectivity index (χ1) is 41.2. The molecule has 2 aliphatic carbocycles. The largest absolute Gasteiger partial charge is 0.309 e. The summed E-state index contributed by atoms with van der Waals surface area (Å²) in [6, 6.07) is 113. The van der Waals surface area contributed by atoms with Crippen LogP contribution in [-0.2, 0) is 5.41 Å². The van der Waals surface area contributed by atoms with Gasteiger partial charge in [0.1, 0.15) is 0 Å². The van der Waals surface area contributed by atoms with Crippen LogP contribution in [0, 0.1) is 0 Å². The third-order valence-corrected chi connectivity index (χ3v) is 19.9. The average Bonchev–Trinajstić information content (AvgIpc) is 1.57. The SMILES string of the molecule is c1ccc(-c2ccc(N(c3cc(-c4cccc5c4C4(c6ccccc6-c6ccccc64)c4ccccc4-5)cc(N(c4ccc(-c5ccccc5)cc4)c4cccc5c4sc4ccccc45)c3)c3cccc4c3sc3ccccc34)cc2)cc1. The van der Waals surface area contributed by atoms with Crippen molar-refractivity contribution in [2.45, 2.75) is 5.41 Å². The Hall–Kier alpha value is -10.1. The minimum Gasteiger partial charge on any atom is -0.309 e. The molecule has 0 bridgehead atoms. The zero-order chi connectivity index (χ0) is 54.6. The molecule has 1 spiro atoms. The molecule has 0 saturated heterocycles. The number of nitrogens with zero attached hydrogens (tertiary/aromatic N) is 2. The van der Waals surface area contributed by atoms with Crippen LogP contribution in [-0.4, -0.2) is 0 Å². The highest BCUT2D eigenvalue weighted by atomic mass is 32.1. The number of thiophene rings is 2. The summed E-state index contributed by atoms with van der Waals surface area (Å²) in [6.07, 6.45) is 0. The molecule has 388 valence electrons. The van der Waals surface area contributed by atoms with E-state index in [1.54, 1.807) is 0 Å². The standard InChI is InChI=1S/C79H50N2S2/c1-3-20-51(21-4-1)53-40-44-56(45-41-53)80(72-36-18-31-67-64-27-10-15-38-74(64)82-77(67)72)58-48-55(60-29-17-30-66-63-26-9-14-35-71(63)79(76(60)66)69-33-12-7-24-61(69)62-25-8-13-34-70(62)79)49-59(50-58)81(57-46-42-54(43-47-57)52-22-5-2-6-23-52)73-37-19-32-68-65-28-11-16-39-75(65)83-78(68)73/h1-50H. The molecular formula is C79H50N2S2. The third kappa shape index (κ3) is 7.33. The predicted molar refractivity (Wildman–Crippen MR) is 354 cm³/mol. The van der Waals surface area contributed by atoms with Gasteiger partial charge in [-0.25, -0.2) is 0 Å². The first kappa shape index (κ1) is 47.7. The van der Waals surface area contributed by atoms with E-state index in [0.29, 0.717) is 0 Å². The fourth-order valence-corrected chi connectivity index (χ4v) is 16.4. The Balaban J connectivity index is 0.987. The minimum absolute atomic E-state index is 0.572. The molecule has 0 unspecified atom stereocenters. The van der Waals surface area contributed by atoms with Crippen molar-refractivity contribution in [2.24, 2.45) is 0 Å². The Morgan fingerprint density at radius 2 is 0.602 bits per heavy atom. The highest BCUT2D eigenvalue weighted by molar-refractivity contribution is 7.26. The maximum atomic E-state index is 2.53. The first-order valence-electron chi connectivity index (χ1n) is 28.5. The lowest BCUT2D eigenvalue weighted by atomic mass is 9.68. The van der Waals surface area contributed by atoms with E-state index in [0.717, 1.165) is 39.7 Å². The molecule has 0 aliphatic heterocycles. The molecule has 4 heteroatoms. The van der Waals surface area contributed by atoms with Crippen molar-refractivity contribution in [3.63, 3.8) is 0 Å². The van der Waals surface area contributed by atoms with Gasteiger partial charge in [-0.05, 0) is 145 Å². The Morgan fingerprint density at radius 1 is 0.241 bits per heavy atom. The Morgan fingerprint density at radius 3 is 1.08 bits per heavy atom. The molecule has 0 fully saturated rings. The van der Waals surface area contributed by atoms with Gasteiger partial charge in [0.15, 0.2) is 0 Å². The van der Waals surface area contributed by atoms with E-state index >= 15 is 0 Å². The van der Waals surface area contributed by atoms with Crippen molar-refractivity contribution in [3.8, 4) is 55.6 Å². The summed E-state index contributed by atoms with van der Waals surface area (Å²) in [4.78, 5) is 5.06. The lowest BCUT2D eigenvalue weighted by molar-refractivity contribution is 0.796. The summed E-state index contributed by atoms with van der Waals surface area (Å²) >= 11 is 3.74. The summed E-state index contributed by atoms with van der Waals surface area (Å²) < 4.78 is 5.02. The molecule has 2 aliphatic rings. The van der Waals surface area contributed by atoms with Crippen LogP contribution in [0.1, 0.15) is 22.3 Å². The molecule has 0 N–H and O–H groups in total. The fourth-order valence-electron chi connectivity index (χ4n) is 13.9. The van der Waals surface area contributed by atoms with Crippen molar-refractivity contribution in [3.05, 3.63) is 326 Å². The average molecular weight is 1090 g/mol. The van der Waals surface area contributed by atoms with Crippen LogP contribution in [0.3, 0.4) is 0 Å². The Kier molecular flexibility index (Phi) is 10.9. The Labute approximate surface area is 490 Å². The van der Waals surface area contributed by atoms with Crippen molar-refractivity contribution < 1.29 is 0 Å². The maximum Gasteiger partial charge on any atom is 0.0731 e. The predicted octanol–water partition coefficient (Wildman–Crippen LogP) is 22.7. The highest BCUT2D eigenvalue weighted by Crippen LogP contribution is 2.65. The van der Waals surface area contributed by atoms with Crippen LogP contribution >= 0.6 is 22.7 Å². The molecule has 2 nitrogen and oxygen atoms in total. The normalized spacial score (nSPS) is 12.7. The van der Waals surface area contributed by atoms with Gasteiger partial charge in [0, 0.05) is 53.7 Å². The molecule has 0 amide bonds. The van der Waals surface area contributed by atoms with E-state index in [9.17, 15) is 0 Å². The monoisotopic (exact) mass is 1090 g/mol. The van der Waals surface area contributed by atoms with Gasteiger partial charge in [-0.15, -0.1) is 22.7 Å². The van der Waals surface area contributed by atoms with E-state index in [1.807, 2.05) is 22.7 Å². The summed E-state index contributed by atoms with van der Waals surface area (Å²) in [5.41, 5.74) is 23.4. The number of rotatable bonds is 9. The number of hydrogen-bond acceptors (Lipinski definition) is 4. The van der Waals surface area contributed by atoms with Crippen molar-refractivity contribution in [1.29, 1.82) is 0 Å². The third-order valence-electron chi connectivity index (χ3n) is 17.5. The zero-order valence-corrected chi connectivity index (χ0v) is 46.7. The van der Waals surface area contributed by atoms with Crippen molar-refractivity contribution >= 4 is 97.1 Å². The number of anilines is 6. The topological polar surface area (TPSA) is 6.48 Å². The molecule has 17 rings (SSSR count). The molecule has 15 aromatic rings. The van der Waals surface area contributed by atoms with Crippen LogP contribution in [0.25, 0.3) is 96.0 Å².